The van der Waals surface area contributed by atoms with E-state index in [1.165, 1.54) is 18.4 Å². The molecular formula is C11H19N3. The molecule has 1 saturated carbocycles. The zero-order valence-corrected chi connectivity index (χ0v) is 9.03. The predicted octanol–water partition coefficient (Wildman–Crippen LogP) is 1.57. The average molecular weight is 193 g/mol. The monoisotopic (exact) mass is 193 g/mol. The van der Waals surface area contributed by atoms with Gasteiger partial charge in [-0.1, -0.05) is 0 Å². The molecule has 14 heavy (non-hydrogen) atoms. The molecule has 3 nitrogen and oxygen atoms in total. The largest absolute Gasteiger partial charge is 0.325 e. The molecule has 1 heterocycles. The van der Waals surface area contributed by atoms with Crippen LogP contribution in [0.4, 0.5) is 0 Å². The molecule has 0 spiro atoms. The second kappa shape index (κ2) is 3.39. The van der Waals surface area contributed by atoms with Crippen LogP contribution in [0.5, 0.6) is 0 Å². The molecule has 2 rings (SSSR count). The molecule has 1 atom stereocenters. The van der Waals surface area contributed by atoms with Crippen LogP contribution in [0.1, 0.15) is 32.3 Å². The molecule has 1 aromatic heterocycles. The van der Waals surface area contributed by atoms with Crippen LogP contribution in [0.3, 0.4) is 0 Å². The predicted molar refractivity (Wildman–Crippen MR) is 56.9 cm³/mol. The van der Waals surface area contributed by atoms with Gasteiger partial charge >= 0.3 is 0 Å². The van der Waals surface area contributed by atoms with E-state index in [0.717, 1.165) is 18.9 Å². The Bertz CT molecular complexity index is 310. The van der Waals surface area contributed by atoms with Gasteiger partial charge in [0.05, 0.1) is 6.20 Å². The van der Waals surface area contributed by atoms with Gasteiger partial charge in [-0.2, -0.15) is 5.10 Å². The number of nitrogens with two attached hydrogens (primary N) is 1. The molecular weight excluding hydrogens is 174 g/mol. The lowest BCUT2D eigenvalue weighted by Crippen LogP contribution is -2.40. The molecule has 1 aliphatic carbocycles. The number of aryl methyl sites for hydroxylation is 1. The van der Waals surface area contributed by atoms with Crippen LogP contribution in [-0.2, 0) is 13.0 Å². The minimum atomic E-state index is -0.0262. The first-order valence-corrected chi connectivity index (χ1v) is 5.42. The van der Waals surface area contributed by atoms with E-state index in [1.807, 2.05) is 10.9 Å². The normalized spacial score (nSPS) is 20.8. The summed E-state index contributed by atoms with van der Waals surface area (Å²) in [7, 11) is 0. The first-order chi connectivity index (χ1) is 6.62. The molecule has 0 aliphatic heterocycles. The lowest BCUT2D eigenvalue weighted by atomic mass is 9.90. The first kappa shape index (κ1) is 9.71. The van der Waals surface area contributed by atoms with E-state index >= 15 is 0 Å². The van der Waals surface area contributed by atoms with E-state index in [0.29, 0.717) is 0 Å². The topological polar surface area (TPSA) is 43.8 Å². The fraction of sp³-hybridized carbons (Fsp3) is 0.727. The van der Waals surface area contributed by atoms with Gasteiger partial charge in [0.1, 0.15) is 0 Å². The highest BCUT2D eigenvalue weighted by Gasteiger charge is 2.38. The van der Waals surface area contributed by atoms with Crippen LogP contribution in [0.15, 0.2) is 12.4 Å². The fourth-order valence-electron chi connectivity index (χ4n) is 2.00. The molecule has 0 saturated heterocycles. The van der Waals surface area contributed by atoms with E-state index in [9.17, 15) is 0 Å². The summed E-state index contributed by atoms with van der Waals surface area (Å²) in [6.45, 7) is 5.19. The van der Waals surface area contributed by atoms with Crippen molar-refractivity contribution in [2.75, 3.05) is 0 Å². The van der Waals surface area contributed by atoms with Crippen molar-refractivity contribution in [3.05, 3.63) is 18.0 Å². The molecule has 3 heteroatoms. The average Bonchev–Trinajstić information content (AvgIpc) is 2.89. The highest BCUT2D eigenvalue weighted by Crippen LogP contribution is 2.39. The number of hydrogen-bond donors (Lipinski definition) is 1. The van der Waals surface area contributed by atoms with Crippen LogP contribution >= 0.6 is 0 Å². The fourth-order valence-corrected chi connectivity index (χ4v) is 2.00. The van der Waals surface area contributed by atoms with Crippen molar-refractivity contribution < 1.29 is 0 Å². The van der Waals surface area contributed by atoms with E-state index in [-0.39, 0.29) is 5.54 Å². The zero-order chi connectivity index (χ0) is 10.2. The van der Waals surface area contributed by atoms with Gasteiger partial charge < -0.3 is 5.73 Å². The third kappa shape index (κ3) is 1.98. The summed E-state index contributed by atoms with van der Waals surface area (Å²) < 4.78 is 1.96. The van der Waals surface area contributed by atoms with Gasteiger partial charge in [-0.25, -0.2) is 0 Å². The first-order valence-electron chi connectivity index (χ1n) is 5.42. The molecule has 1 aliphatic rings. The summed E-state index contributed by atoms with van der Waals surface area (Å²) in [5.41, 5.74) is 7.51. The van der Waals surface area contributed by atoms with Gasteiger partial charge in [0, 0.05) is 18.3 Å². The highest BCUT2D eigenvalue weighted by molar-refractivity contribution is 5.11. The van der Waals surface area contributed by atoms with Crippen molar-refractivity contribution in [2.24, 2.45) is 11.7 Å². The molecule has 2 N–H and O–H groups in total. The molecule has 1 fully saturated rings. The Morgan fingerprint density at radius 2 is 2.36 bits per heavy atom. The summed E-state index contributed by atoms with van der Waals surface area (Å²) in [4.78, 5) is 0. The zero-order valence-electron chi connectivity index (χ0n) is 9.03. The molecule has 0 aromatic carbocycles. The SMILES string of the molecule is CCn1cc(CC(C)(N)C2CC2)cn1. The van der Waals surface area contributed by atoms with E-state index in [1.54, 1.807) is 0 Å². The van der Waals surface area contributed by atoms with E-state index in [4.69, 9.17) is 5.73 Å². The van der Waals surface area contributed by atoms with Gasteiger partial charge in [-0.05, 0) is 44.6 Å². The Kier molecular flexibility index (Phi) is 2.35. The maximum absolute atomic E-state index is 6.27. The molecule has 78 valence electrons. The summed E-state index contributed by atoms with van der Waals surface area (Å²) >= 11 is 0. The third-order valence-corrected chi connectivity index (χ3v) is 3.11. The minimum Gasteiger partial charge on any atom is -0.325 e. The van der Waals surface area contributed by atoms with Crippen molar-refractivity contribution >= 4 is 0 Å². The van der Waals surface area contributed by atoms with Gasteiger partial charge in [0.15, 0.2) is 0 Å². The van der Waals surface area contributed by atoms with E-state index in [2.05, 4.69) is 25.1 Å². The summed E-state index contributed by atoms with van der Waals surface area (Å²) in [6.07, 6.45) is 7.60. The summed E-state index contributed by atoms with van der Waals surface area (Å²) in [5, 5.41) is 4.26. The van der Waals surface area contributed by atoms with E-state index < -0.39 is 0 Å². The Balaban J connectivity index is 2.02. The molecule has 0 amide bonds. The van der Waals surface area contributed by atoms with Crippen molar-refractivity contribution in [1.29, 1.82) is 0 Å². The Labute approximate surface area is 85.3 Å². The van der Waals surface area contributed by atoms with Crippen molar-refractivity contribution in [1.82, 2.24) is 9.78 Å². The maximum atomic E-state index is 6.27. The smallest absolute Gasteiger partial charge is 0.0522 e. The Hall–Kier alpha value is -0.830. The number of rotatable bonds is 4. The number of nitrogens with zero attached hydrogens (tertiary/aromatic N) is 2. The quantitative estimate of drug-likeness (QED) is 0.789. The molecule has 1 aromatic rings. The van der Waals surface area contributed by atoms with Crippen LogP contribution in [-0.4, -0.2) is 15.3 Å². The van der Waals surface area contributed by atoms with Crippen LogP contribution in [0.25, 0.3) is 0 Å². The Morgan fingerprint density at radius 1 is 1.64 bits per heavy atom. The molecule has 0 radical (unpaired) electrons. The standard InChI is InChI=1S/C11H19N3/c1-3-14-8-9(7-13-14)6-11(2,12)10-4-5-10/h7-8,10H,3-6,12H2,1-2H3. The summed E-state index contributed by atoms with van der Waals surface area (Å²) in [6, 6.07) is 0. The second-order valence-electron chi connectivity index (χ2n) is 4.66. The van der Waals surface area contributed by atoms with Gasteiger partial charge in [0.25, 0.3) is 0 Å². The van der Waals surface area contributed by atoms with Crippen LogP contribution in [0.2, 0.25) is 0 Å². The third-order valence-electron chi connectivity index (χ3n) is 3.11. The minimum absolute atomic E-state index is 0.0262. The lowest BCUT2D eigenvalue weighted by Gasteiger charge is -2.23. The van der Waals surface area contributed by atoms with Gasteiger partial charge in [-0.3, -0.25) is 4.68 Å². The number of hydrogen-bond acceptors (Lipinski definition) is 2. The van der Waals surface area contributed by atoms with Gasteiger partial charge in [-0.15, -0.1) is 0 Å². The van der Waals surface area contributed by atoms with Gasteiger partial charge in [0.2, 0.25) is 0 Å². The van der Waals surface area contributed by atoms with Crippen molar-refractivity contribution in [2.45, 2.75) is 45.2 Å². The van der Waals surface area contributed by atoms with Crippen LogP contribution < -0.4 is 5.73 Å². The summed E-state index contributed by atoms with van der Waals surface area (Å²) in [5.74, 6) is 0.729. The highest BCUT2D eigenvalue weighted by atomic mass is 15.3. The number of aromatic nitrogens is 2. The second-order valence-corrected chi connectivity index (χ2v) is 4.66. The van der Waals surface area contributed by atoms with Crippen molar-refractivity contribution in [3.8, 4) is 0 Å². The lowest BCUT2D eigenvalue weighted by molar-refractivity contribution is 0.406. The maximum Gasteiger partial charge on any atom is 0.0522 e. The van der Waals surface area contributed by atoms with Crippen LogP contribution in [0, 0.1) is 5.92 Å². The Morgan fingerprint density at radius 3 is 2.86 bits per heavy atom. The van der Waals surface area contributed by atoms with Crippen molar-refractivity contribution in [3.63, 3.8) is 0 Å². The molecule has 0 bridgehead atoms. The molecule has 1 unspecified atom stereocenters.